The third-order valence-electron chi connectivity index (χ3n) is 3.87. The van der Waals surface area contributed by atoms with Crippen LogP contribution < -0.4 is 10.9 Å². The zero-order valence-corrected chi connectivity index (χ0v) is 14.7. The van der Waals surface area contributed by atoms with Crippen molar-refractivity contribution in [1.82, 2.24) is 14.4 Å². The van der Waals surface area contributed by atoms with Crippen LogP contribution in [0.4, 0.5) is 5.69 Å². The van der Waals surface area contributed by atoms with Crippen molar-refractivity contribution >= 4 is 27.9 Å². The molecule has 1 N–H and O–H groups in total. The van der Waals surface area contributed by atoms with Crippen molar-refractivity contribution < 1.29 is 4.79 Å². The van der Waals surface area contributed by atoms with Crippen molar-refractivity contribution in [3.63, 3.8) is 0 Å². The molecule has 0 atom stereocenters. The van der Waals surface area contributed by atoms with Crippen molar-refractivity contribution in [3.8, 4) is 11.3 Å². The van der Waals surface area contributed by atoms with Crippen molar-refractivity contribution in [2.75, 3.05) is 5.32 Å². The van der Waals surface area contributed by atoms with Crippen LogP contribution in [0.3, 0.4) is 0 Å². The van der Waals surface area contributed by atoms with Gasteiger partial charge in [0, 0.05) is 40.8 Å². The molecule has 3 heterocycles. The minimum absolute atomic E-state index is 0.117. The minimum Gasteiger partial charge on any atom is -0.322 e. The number of fused-ring (bicyclic) bond motifs is 1. The number of carbonyl (C=O) groups excluding carboxylic acids is 1. The highest BCUT2D eigenvalue weighted by Gasteiger charge is 2.11. The Morgan fingerprint density at radius 1 is 1.19 bits per heavy atom. The lowest BCUT2D eigenvalue weighted by molar-refractivity contribution is 0.102. The molecule has 0 saturated heterocycles. The summed E-state index contributed by atoms with van der Waals surface area (Å²) in [5.41, 5.74) is 3.28. The lowest BCUT2D eigenvalue weighted by Gasteiger charge is -2.07. The Morgan fingerprint density at radius 3 is 2.88 bits per heavy atom. The molecule has 7 heteroatoms. The van der Waals surface area contributed by atoms with Gasteiger partial charge in [0.15, 0.2) is 4.96 Å². The fraction of sp³-hybridized carbons (Fsp3) is 0.0526. The second-order valence-electron chi connectivity index (χ2n) is 5.75. The Balaban J connectivity index is 1.71. The smallest absolute Gasteiger partial charge is 0.259 e. The first kappa shape index (κ1) is 16.2. The van der Waals surface area contributed by atoms with Gasteiger partial charge in [-0.2, -0.15) is 0 Å². The molecule has 0 saturated carbocycles. The molecule has 128 valence electrons. The van der Waals surface area contributed by atoms with Gasteiger partial charge in [0.2, 0.25) is 0 Å². The average Bonchev–Trinajstić information content (AvgIpc) is 3.07. The summed E-state index contributed by atoms with van der Waals surface area (Å²) in [4.78, 5) is 33.7. The molecule has 0 radical (unpaired) electrons. The summed E-state index contributed by atoms with van der Waals surface area (Å²) >= 11 is 1.41. The van der Waals surface area contributed by atoms with Gasteiger partial charge in [0.05, 0.1) is 11.3 Å². The third kappa shape index (κ3) is 3.00. The number of benzene rings is 1. The molecule has 1 amide bonds. The Morgan fingerprint density at radius 2 is 2.08 bits per heavy atom. The van der Waals surface area contributed by atoms with E-state index in [-0.39, 0.29) is 11.5 Å². The first-order valence-electron chi connectivity index (χ1n) is 7.91. The molecule has 4 rings (SSSR count). The van der Waals surface area contributed by atoms with Gasteiger partial charge in [-0.05, 0) is 31.2 Å². The Labute approximate surface area is 152 Å². The SMILES string of the molecule is Cc1cc(=O)n2c(-c3cccc(NC(=O)c4cccnc4)c3)csc2n1. The van der Waals surface area contributed by atoms with Gasteiger partial charge < -0.3 is 5.32 Å². The van der Waals surface area contributed by atoms with Crippen LogP contribution in [-0.4, -0.2) is 20.3 Å². The van der Waals surface area contributed by atoms with E-state index >= 15 is 0 Å². The summed E-state index contributed by atoms with van der Waals surface area (Å²) in [6.45, 7) is 1.80. The van der Waals surface area contributed by atoms with E-state index in [9.17, 15) is 9.59 Å². The lowest BCUT2D eigenvalue weighted by Crippen LogP contribution is -2.14. The maximum atomic E-state index is 12.4. The molecule has 0 spiro atoms. The normalized spacial score (nSPS) is 10.8. The summed E-state index contributed by atoms with van der Waals surface area (Å²) < 4.78 is 1.58. The third-order valence-corrected chi connectivity index (χ3v) is 4.70. The predicted molar refractivity (Wildman–Crippen MR) is 102 cm³/mol. The summed E-state index contributed by atoms with van der Waals surface area (Å²) in [5, 5.41) is 4.75. The van der Waals surface area contributed by atoms with Crippen molar-refractivity contribution in [2.45, 2.75) is 6.92 Å². The molecule has 0 aliphatic heterocycles. The summed E-state index contributed by atoms with van der Waals surface area (Å²) in [7, 11) is 0. The number of anilines is 1. The maximum Gasteiger partial charge on any atom is 0.259 e. The van der Waals surface area contributed by atoms with Crippen LogP contribution in [0.5, 0.6) is 0 Å². The molecule has 4 aromatic rings. The molecule has 0 aliphatic rings. The van der Waals surface area contributed by atoms with Crippen LogP contribution in [0.2, 0.25) is 0 Å². The first-order chi connectivity index (χ1) is 12.6. The number of nitrogens with one attached hydrogen (secondary N) is 1. The molecule has 0 unspecified atom stereocenters. The van der Waals surface area contributed by atoms with E-state index in [1.54, 1.807) is 35.7 Å². The molecule has 1 aromatic carbocycles. The van der Waals surface area contributed by atoms with Crippen LogP contribution in [0.25, 0.3) is 16.2 Å². The fourth-order valence-corrected chi connectivity index (χ4v) is 3.64. The van der Waals surface area contributed by atoms with Gasteiger partial charge >= 0.3 is 0 Å². The number of aryl methyl sites for hydroxylation is 1. The van der Waals surface area contributed by atoms with E-state index in [4.69, 9.17) is 0 Å². The minimum atomic E-state index is -0.236. The van der Waals surface area contributed by atoms with Crippen LogP contribution >= 0.6 is 11.3 Å². The molecule has 26 heavy (non-hydrogen) atoms. The average molecular weight is 362 g/mol. The molecule has 0 fully saturated rings. The number of thiazole rings is 1. The van der Waals surface area contributed by atoms with E-state index in [0.717, 1.165) is 11.3 Å². The standard InChI is InChI=1S/C19H14N4O2S/c1-12-8-17(24)23-16(11-26-19(23)21-12)13-4-2-6-15(9-13)22-18(25)14-5-3-7-20-10-14/h2-11H,1H3,(H,22,25). The molecule has 3 aromatic heterocycles. The van der Waals surface area contributed by atoms with Gasteiger partial charge in [0.1, 0.15) is 0 Å². The van der Waals surface area contributed by atoms with Gasteiger partial charge in [-0.15, -0.1) is 11.3 Å². The topological polar surface area (TPSA) is 76.4 Å². The number of aromatic nitrogens is 3. The molecule has 6 nitrogen and oxygen atoms in total. The van der Waals surface area contributed by atoms with E-state index in [2.05, 4.69) is 15.3 Å². The Kier molecular flexibility index (Phi) is 4.06. The van der Waals surface area contributed by atoms with Gasteiger partial charge in [-0.25, -0.2) is 4.98 Å². The molecular formula is C19H14N4O2S. The predicted octanol–water partition coefficient (Wildman–Crippen LogP) is 3.38. The van der Waals surface area contributed by atoms with E-state index in [1.807, 2.05) is 23.6 Å². The van der Waals surface area contributed by atoms with Crippen molar-refractivity contribution in [1.29, 1.82) is 0 Å². The van der Waals surface area contributed by atoms with Crippen LogP contribution in [0.15, 0.2) is 65.0 Å². The Bertz CT molecular complexity index is 1170. The number of amides is 1. The molecular weight excluding hydrogens is 348 g/mol. The number of carbonyl (C=O) groups is 1. The van der Waals surface area contributed by atoms with Crippen molar-refractivity contribution in [3.05, 3.63) is 81.8 Å². The van der Waals surface area contributed by atoms with Gasteiger partial charge in [0.25, 0.3) is 11.5 Å². The summed E-state index contributed by atoms with van der Waals surface area (Å²) in [5.74, 6) is -0.236. The highest BCUT2D eigenvalue weighted by atomic mass is 32.1. The van der Waals surface area contributed by atoms with Gasteiger partial charge in [-0.1, -0.05) is 12.1 Å². The molecule has 0 bridgehead atoms. The van der Waals surface area contributed by atoms with Crippen LogP contribution in [-0.2, 0) is 0 Å². The highest BCUT2D eigenvalue weighted by molar-refractivity contribution is 7.15. The highest BCUT2D eigenvalue weighted by Crippen LogP contribution is 2.26. The van der Waals surface area contributed by atoms with Crippen LogP contribution in [0, 0.1) is 6.92 Å². The Hall–Kier alpha value is -3.32. The monoisotopic (exact) mass is 362 g/mol. The lowest BCUT2D eigenvalue weighted by atomic mass is 10.1. The fourth-order valence-electron chi connectivity index (χ4n) is 2.69. The number of hydrogen-bond acceptors (Lipinski definition) is 5. The zero-order valence-electron chi connectivity index (χ0n) is 13.8. The number of pyridine rings is 1. The van der Waals surface area contributed by atoms with E-state index < -0.39 is 0 Å². The van der Waals surface area contributed by atoms with Gasteiger partial charge in [-0.3, -0.25) is 19.0 Å². The quantitative estimate of drug-likeness (QED) is 0.606. The summed E-state index contributed by atoms with van der Waals surface area (Å²) in [6.07, 6.45) is 3.13. The zero-order chi connectivity index (χ0) is 18.1. The molecule has 0 aliphatic carbocycles. The van der Waals surface area contributed by atoms with Crippen LogP contribution in [0.1, 0.15) is 16.1 Å². The second-order valence-corrected chi connectivity index (χ2v) is 6.59. The second kappa shape index (κ2) is 6.53. The first-order valence-corrected chi connectivity index (χ1v) is 8.79. The van der Waals surface area contributed by atoms with Crippen molar-refractivity contribution in [2.24, 2.45) is 0 Å². The number of nitrogens with zero attached hydrogens (tertiary/aromatic N) is 3. The number of rotatable bonds is 3. The maximum absolute atomic E-state index is 12.4. The number of hydrogen-bond donors (Lipinski definition) is 1. The van der Waals surface area contributed by atoms with E-state index in [1.165, 1.54) is 23.6 Å². The largest absolute Gasteiger partial charge is 0.322 e. The van der Waals surface area contributed by atoms with E-state index in [0.29, 0.717) is 21.9 Å². The summed E-state index contributed by atoms with van der Waals surface area (Å²) in [6, 6.07) is 12.3.